The van der Waals surface area contributed by atoms with Gasteiger partial charge in [-0.3, -0.25) is 10.0 Å². The molecular weight excluding hydrogens is 448 g/mol. The van der Waals surface area contributed by atoms with Crippen LogP contribution in [0, 0.1) is 0 Å². The Morgan fingerprint density at radius 2 is 1.67 bits per heavy atom. The molecule has 1 amide bonds. The van der Waals surface area contributed by atoms with Crippen molar-refractivity contribution in [1.29, 1.82) is 0 Å². The number of ether oxygens (including phenoxy) is 3. The number of anilines is 1. The molecule has 0 bridgehead atoms. The van der Waals surface area contributed by atoms with Gasteiger partial charge < -0.3 is 19.5 Å². The van der Waals surface area contributed by atoms with E-state index >= 15 is 0 Å². The van der Waals surface area contributed by atoms with E-state index in [1.54, 1.807) is 35.8 Å². The Morgan fingerprint density at radius 3 is 2.36 bits per heavy atom. The summed E-state index contributed by atoms with van der Waals surface area (Å²) in [7, 11) is -3.94. The summed E-state index contributed by atoms with van der Waals surface area (Å²) in [5, 5.41) is 12.1. The van der Waals surface area contributed by atoms with Crippen LogP contribution in [0.5, 0.6) is 23.0 Å². The van der Waals surface area contributed by atoms with Crippen LogP contribution in [0.2, 0.25) is 0 Å². The first-order chi connectivity index (χ1) is 15.8. The van der Waals surface area contributed by atoms with Crippen LogP contribution in [-0.4, -0.2) is 37.6 Å². The first-order valence-electron chi connectivity index (χ1n) is 9.97. The van der Waals surface area contributed by atoms with E-state index in [-0.39, 0.29) is 11.7 Å². The number of nitrogens with one attached hydrogen (secondary N) is 2. The van der Waals surface area contributed by atoms with Gasteiger partial charge in [0.25, 0.3) is 5.91 Å². The maximum atomic E-state index is 13.1. The van der Waals surface area contributed by atoms with Gasteiger partial charge >= 0.3 is 0 Å². The molecule has 0 saturated heterocycles. The molecule has 1 unspecified atom stereocenters. The van der Waals surface area contributed by atoms with Crippen molar-refractivity contribution in [2.45, 2.75) is 17.4 Å². The molecule has 9 nitrogen and oxygen atoms in total. The van der Waals surface area contributed by atoms with E-state index in [0.717, 1.165) is 0 Å². The Morgan fingerprint density at radius 1 is 1.00 bits per heavy atom. The van der Waals surface area contributed by atoms with E-state index in [1.807, 2.05) is 18.2 Å². The number of hydrogen-bond donors (Lipinski definition) is 3. The van der Waals surface area contributed by atoms with Gasteiger partial charge in [0.05, 0.1) is 10.6 Å². The van der Waals surface area contributed by atoms with E-state index in [2.05, 4.69) is 5.32 Å². The Labute approximate surface area is 190 Å². The van der Waals surface area contributed by atoms with Gasteiger partial charge in [0.2, 0.25) is 6.79 Å². The highest BCUT2D eigenvalue weighted by molar-refractivity contribution is 7.91. The van der Waals surface area contributed by atoms with E-state index in [4.69, 9.17) is 14.2 Å². The Bertz CT molecular complexity index is 1250. The number of hydroxylamine groups is 1. The van der Waals surface area contributed by atoms with Gasteiger partial charge in [-0.15, -0.1) is 0 Å². The molecule has 3 aromatic rings. The summed E-state index contributed by atoms with van der Waals surface area (Å²) < 4.78 is 42.5. The average Bonchev–Trinajstić information content (AvgIpc) is 3.27. The van der Waals surface area contributed by atoms with E-state index in [9.17, 15) is 18.4 Å². The number of sulfone groups is 1. The summed E-state index contributed by atoms with van der Waals surface area (Å²) in [4.78, 5) is 12.5. The van der Waals surface area contributed by atoms with E-state index in [1.165, 1.54) is 31.2 Å². The monoisotopic (exact) mass is 470 g/mol. The lowest BCUT2D eigenvalue weighted by molar-refractivity contribution is -0.132. The van der Waals surface area contributed by atoms with Crippen molar-refractivity contribution in [3.05, 3.63) is 72.8 Å². The first-order valence-corrected chi connectivity index (χ1v) is 11.6. The third-order valence-corrected chi connectivity index (χ3v) is 6.98. The maximum absolute atomic E-state index is 13.1. The quantitative estimate of drug-likeness (QED) is 0.338. The minimum atomic E-state index is -3.94. The molecule has 1 heterocycles. The average molecular weight is 471 g/mol. The second-order valence-electron chi connectivity index (χ2n) is 7.61. The van der Waals surface area contributed by atoms with Gasteiger partial charge in [0.1, 0.15) is 17.0 Å². The normalized spacial score (nSPS) is 14.2. The van der Waals surface area contributed by atoms with E-state index in [0.29, 0.717) is 28.7 Å². The fourth-order valence-corrected chi connectivity index (χ4v) is 5.06. The zero-order chi connectivity index (χ0) is 23.5. The molecule has 1 aliphatic rings. The SMILES string of the molecule is CC(CS(=O)(=O)c1ccc(Oc2ccccc2)cc1)(Nc1ccc2c(c1)OCO2)C(=O)NO. The lowest BCUT2D eigenvalue weighted by Crippen LogP contribution is -2.54. The van der Waals surface area contributed by atoms with Crippen molar-refractivity contribution in [2.24, 2.45) is 0 Å². The van der Waals surface area contributed by atoms with Gasteiger partial charge in [0, 0.05) is 11.8 Å². The van der Waals surface area contributed by atoms with Crippen LogP contribution in [-0.2, 0) is 14.6 Å². The van der Waals surface area contributed by atoms with Gasteiger partial charge in [-0.05, 0) is 55.5 Å². The number of carbonyl (C=O) groups is 1. The molecule has 172 valence electrons. The Hall–Kier alpha value is -3.76. The van der Waals surface area contributed by atoms with Crippen LogP contribution in [0.15, 0.2) is 77.7 Å². The van der Waals surface area contributed by atoms with Gasteiger partial charge in [-0.25, -0.2) is 13.9 Å². The number of carbonyl (C=O) groups excluding carboxylic acids is 1. The third-order valence-electron chi connectivity index (χ3n) is 5.04. The highest BCUT2D eigenvalue weighted by atomic mass is 32.2. The molecule has 0 fully saturated rings. The number of hydrogen-bond acceptors (Lipinski definition) is 8. The van der Waals surface area contributed by atoms with Gasteiger partial charge in [0.15, 0.2) is 21.3 Å². The third kappa shape index (κ3) is 5.02. The standard InChI is InChI=1S/C23H22N2O7S/c1-23(22(26)25-27,24-16-7-12-20-21(13-16)31-15-30-20)14-33(28,29)19-10-8-18(9-11-19)32-17-5-3-2-4-6-17/h2-13,24,27H,14-15H2,1H3,(H,25,26). The maximum Gasteiger partial charge on any atom is 0.269 e. The number of rotatable bonds is 8. The van der Waals surface area contributed by atoms with E-state index < -0.39 is 27.0 Å². The van der Waals surface area contributed by atoms with Crippen molar-refractivity contribution in [2.75, 3.05) is 17.9 Å². The summed E-state index contributed by atoms with van der Waals surface area (Å²) in [5.41, 5.74) is 0.276. The van der Waals surface area contributed by atoms with Crippen molar-refractivity contribution in [1.82, 2.24) is 5.48 Å². The molecule has 0 radical (unpaired) electrons. The zero-order valence-corrected chi connectivity index (χ0v) is 18.5. The lowest BCUT2D eigenvalue weighted by atomic mass is 10.0. The highest BCUT2D eigenvalue weighted by Crippen LogP contribution is 2.35. The van der Waals surface area contributed by atoms with Crippen LogP contribution in [0.1, 0.15) is 6.92 Å². The van der Waals surface area contributed by atoms with Crippen molar-refractivity contribution in [3.8, 4) is 23.0 Å². The Kier molecular flexibility index (Phi) is 6.12. The summed E-state index contributed by atoms with van der Waals surface area (Å²) >= 11 is 0. The zero-order valence-electron chi connectivity index (χ0n) is 17.6. The van der Waals surface area contributed by atoms with Crippen LogP contribution >= 0.6 is 0 Å². The molecule has 0 aliphatic carbocycles. The molecule has 3 aromatic carbocycles. The molecule has 10 heteroatoms. The van der Waals surface area contributed by atoms with Crippen LogP contribution in [0.3, 0.4) is 0 Å². The Balaban J connectivity index is 1.54. The number of benzene rings is 3. The van der Waals surface area contributed by atoms with Crippen LogP contribution in [0.25, 0.3) is 0 Å². The van der Waals surface area contributed by atoms with Crippen LogP contribution < -0.4 is 25.0 Å². The summed E-state index contributed by atoms with van der Waals surface area (Å²) in [6, 6.07) is 19.8. The molecule has 1 atom stereocenters. The van der Waals surface area contributed by atoms with Crippen molar-refractivity contribution in [3.63, 3.8) is 0 Å². The second kappa shape index (κ2) is 9.00. The number of para-hydroxylation sites is 1. The highest BCUT2D eigenvalue weighted by Gasteiger charge is 2.39. The molecular formula is C23H22N2O7S. The molecule has 0 aromatic heterocycles. The summed E-state index contributed by atoms with van der Waals surface area (Å²) in [6.07, 6.45) is 0. The van der Waals surface area contributed by atoms with Crippen molar-refractivity contribution >= 4 is 21.4 Å². The largest absolute Gasteiger partial charge is 0.457 e. The molecule has 33 heavy (non-hydrogen) atoms. The molecule has 1 aliphatic heterocycles. The number of amides is 1. The smallest absolute Gasteiger partial charge is 0.269 e. The summed E-state index contributed by atoms with van der Waals surface area (Å²) in [6.45, 7) is 1.46. The molecule has 3 N–H and O–H groups in total. The minimum absolute atomic E-state index is 0.00682. The predicted octanol–water partition coefficient (Wildman–Crippen LogP) is 3.36. The second-order valence-corrected chi connectivity index (χ2v) is 9.60. The van der Waals surface area contributed by atoms with Crippen LogP contribution in [0.4, 0.5) is 5.69 Å². The summed E-state index contributed by atoms with van der Waals surface area (Å²) in [5.74, 6) is 0.554. The number of fused-ring (bicyclic) bond motifs is 1. The van der Waals surface area contributed by atoms with Gasteiger partial charge in [-0.1, -0.05) is 18.2 Å². The fourth-order valence-electron chi connectivity index (χ4n) is 3.38. The molecule has 4 rings (SSSR count). The minimum Gasteiger partial charge on any atom is -0.457 e. The fraction of sp³-hybridized carbons (Fsp3) is 0.174. The topological polar surface area (TPSA) is 123 Å². The lowest BCUT2D eigenvalue weighted by Gasteiger charge is -2.29. The van der Waals surface area contributed by atoms with Crippen molar-refractivity contribution < 1.29 is 32.6 Å². The molecule has 0 saturated carbocycles. The predicted molar refractivity (Wildman–Crippen MR) is 120 cm³/mol. The molecule has 0 spiro atoms. The van der Waals surface area contributed by atoms with Gasteiger partial charge in [-0.2, -0.15) is 0 Å². The first kappa shape index (κ1) is 22.4.